The van der Waals surface area contributed by atoms with Gasteiger partial charge < -0.3 is 5.32 Å². The molecule has 0 aliphatic rings. The first-order chi connectivity index (χ1) is 11.3. The molecule has 1 N–H and O–H groups in total. The lowest BCUT2D eigenvalue weighted by Gasteiger charge is -2.07. The molecule has 24 heavy (non-hydrogen) atoms. The van der Waals surface area contributed by atoms with E-state index in [1.54, 1.807) is 19.1 Å². The highest BCUT2D eigenvalue weighted by molar-refractivity contribution is 5.94. The molecular formula is C17H20F3N3O. The first-order valence-corrected chi connectivity index (χ1v) is 7.80. The van der Waals surface area contributed by atoms with Gasteiger partial charge in [-0.3, -0.25) is 9.48 Å². The van der Waals surface area contributed by atoms with Crippen LogP contribution in [0.25, 0.3) is 0 Å². The fourth-order valence-corrected chi connectivity index (χ4v) is 2.30. The van der Waals surface area contributed by atoms with Crippen molar-refractivity contribution in [3.63, 3.8) is 0 Å². The van der Waals surface area contributed by atoms with Crippen LogP contribution in [0.5, 0.6) is 0 Å². The zero-order valence-electron chi connectivity index (χ0n) is 13.7. The molecule has 0 aliphatic carbocycles. The summed E-state index contributed by atoms with van der Waals surface area (Å²) < 4.78 is 39.1. The van der Waals surface area contributed by atoms with Crippen LogP contribution in [0.2, 0.25) is 0 Å². The minimum Gasteiger partial charge on any atom is -0.352 e. The highest BCUT2D eigenvalue weighted by atomic mass is 19.4. The third-order valence-corrected chi connectivity index (χ3v) is 3.73. The lowest BCUT2D eigenvalue weighted by atomic mass is 10.1. The Bertz CT molecular complexity index is 690. The predicted molar refractivity (Wildman–Crippen MR) is 84.7 cm³/mol. The van der Waals surface area contributed by atoms with Gasteiger partial charge in [0.05, 0.1) is 0 Å². The fourth-order valence-electron chi connectivity index (χ4n) is 2.30. The number of nitrogens with zero attached hydrogens (tertiary/aromatic N) is 2. The standard InChI is InChI=1S/C17H20F3N3O/c1-3-13-5-7-14(8-6-13)16(24)21-9-4-10-23-12(2)11-15(22-23)17(18,19)20/h5-8,11H,3-4,9-10H2,1-2H3,(H,21,24). The van der Waals surface area contributed by atoms with Gasteiger partial charge in [0.2, 0.25) is 0 Å². The summed E-state index contributed by atoms with van der Waals surface area (Å²) in [5.74, 6) is -0.189. The van der Waals surface area contributed by atoms with Gasteiger partial charge in [-0.2, -0.15) is 18.3 Å². The third-order valence-electron chi connectivity index (χ3n) is 3.73. The molecule has 1 aromatic carbocycles. The summed E-state index contributed by atoms with van der Waals surface area (Å²) in [5, 5.41) is 6.31. The van der Waals surface area contributed by atoms with E-state index < -0.39 is 11.9 Å². The number of nitrogens with one attached hydrogen (secondary N) is 1. The van der Waals surface area contributed by atoms with Crippen LogP contribution in [0.15, 0.2) is 30.3 Å². The zero-order valence-corrected chi connectivity index (χ0v) is 13.7. The van der Waals surface area contributed by atoms with Gasteiger partial charge in [-0.15, -0.1) is 0 Å². The number of aryl methyl sites for hydroxylation is 3. The van der Waals surface area contributed by atoms with Crippen LogP contribution in [0.3, 0.4) is 0 Å². The first kappa shape index (κ1) is 18.0. The van der Waals surface area contributed by atoms with Crippen molar-refractivity contribution >= 4 is 5.91 Å². The van der Waals surface area contributed by atoms with Gasteiger partial charge in [0, 0.05) is 24.3 Å². The molecule has 1 aromatic heterocycles. The average molecular weight is 339 g/mol. The molecule has 1 heterocycles. The summed E-state index contributed by atoms with van der Waals surface area (Å²) in [6.45, 7) is 4.30. The molecule has 0 spiro atoms. The number of halogens is 3. The van der Waals surface area contributed by atoms with E-state index in [0.717, 1.165) is 18.1 Å². The SMILES string of the molecule is CCc1ccc(C(=O)NCCCn2nc(C(F)(F)F)cc2C)cc1. The smallest absolute Gasteiger partial charge is 0.352 e. The molecule has 0 bridgehead atoms. The Labute approximate surface area is 138 Å². The maximum atomic E-state index is 12.6. The summed E-state index contributed by atoms with van der Waals surface area (Å²) in [7, 11) is 0. The lowest BCUT2D eigenvalue weighted by Crippen LogP contribution is -2.25. The van der Waals surface area contributed by atoms with Crippen LogP contribution < -0.4 is 5.32 Å². The van der Waals surface area contributed by atoms with Crippen LogP contribution in [0.1, 0.15) is 40.7 Å². The number of alkyl halides is 3. The molecule has 0 unspecified atom stereocenters. The van der Waals surface area contributed by atoms with Crippen molar-refractivity contribution in [3.8, 4) is 0 Å². The Kier molecular flexibility index (Phi) is 5.64. The number of hydrogen-bond acceptors (Lipinski definition) is 2. The first-order valence-electron chi connectivity index (χ1n) is 7.80. The van der Waals surface area contributed by atoms with E-state index >= 15 is 0 Å². The Morgan fingerprint density at radius 3 is 2.46 bits per heavy atom. The van der Waals surface area contributed by atoms with E-state index in [2.05, 4.69) is 10.4 Å². The number of aromatic nitrogens is 2. The second-order valence-electron chi connectivity index (χ2n) is 5.55. The minimum atomic E-state index is -4.44. The molecule has 0 saturated heterocycles. The van der Waals surface area contributed by atoms with Crippen LogP contribution in [0.4, 0.5) is 13.2 Å². The number of amides is 1. The monoisotopic (exact) mass is 339 g/mol. The number of benzene rings is 1. The van der Waals surface area contributed by atoms with Crippen LogP contribution in [-0.4, -0.2) is 22.2 Å². The van der Waals surface area contributed by atoms with Gasteiger partial charge in [0.1, 0.15) is 0 Å². The molecule has 0 atom stereocenters. The van der Waals surface area contributed by atoms with E-state index in [4.69, 9.17) is 0 Å². The third kappa shape index (κ3) is 4.59. The highest BCUT2D eigenvalue weighted by Crippen LogP contribution is 2.28. The minimum absolute atomic E-state index is 0.189. The van der Waals surface area contributed by atoms with Crippen molar-refractivity contribution in [3.05, 3.63) is 52.8 Å². The van der Waals surface area contributed by atoms with E-state index in [-0.39, 0.29) is 5.91 Å². The Morgan fingerprint density at radius 2 is 1.92 bits per heavy atom. The van der Waals surface area contributed by atoms with Crippen molar-refractivity contribution in [2.24, 2.45) is 0 Å². The number of carbonyl (C=O) groups excluding carboxylic acids is 1. The number of hydrogen-bond donors (Lipinski definition) is 1. The van der Waals surface area contributed by atoms with Gasteiger partial charge in [0.25, 0.3) is 5.91 Å². The topological polar surface area (TPSA) is 46.9 Å². The maximum Gasteiger partial charge on any atom is 0.435 e. The molecule has 4 nitrogen and oxygen atoms in total. The normalized spacial score (nSPS) is 11.5. The quantitative estimate of drug-likeness (QED) is 0.818. The summed E-state index contributed by atoms with van der Waals surface area (Å²) >= 11 is 0. The molecule has 0 saturated carbocycles. The van der Waals surface area contributed by atoms with E-state index in [1.165, 1.54) is 4.68 Å². The average Bonchev–Trinajstić information content (AvgIpc) is 2.93. The Balaban J connectivity index is 1.82. The highest BCUT2D eigenvalue weighted by Gasteiger charge is 2.34. The summed E-state index contributed by atoms with van der Waals surface area (Å²) in [6.07, 6.45) is -3.03. The van der Waals surface area contributed by atoms with Crippen LogP contribution in [-0.2, 0) is 19.1 Å². The van der Waals surface area contributed by atoms with E-state index in [0.29, 0.717) is 30.8 Å². The molecule has 2 rings (SSSR count). The molecule has 7 heteroatoms. The Morgan fingerprint density at radius 1 is 1.25 bits per heavy atom. The van der Waals surface area contributed by atoms with Crippen molar-refractivity contribution in [1.82, 2.24) is 15.1 Å². The molecule has 0 aliphatic heterocycles. The molecule has 0 radical (unpaired) electrons. The van der Waals surface area contributed by atoms with Crippen molar-refractivity contribution in [2.75, 3.05) is 6.54 Å². The fraction of sp³-hybridized carbons (Fsp3) is 0.412. The maximum absolute atomic E-state index is 12.6. The Hall–Kier alpha value is -2.31. The largest absolute Gasteiger partial charge is 0.435 e. The number of carbonyl (C=O) groups is 1. The van der Waals surface area contributed by atoms with Gasteiger partial charge in [-0.25, -0.2) is 0 Å². The van der Waals surface area contributed by atoms with Crippen molar-refractivity contribution in [1.29, 1.82) is 0 Å². The summed E-state index contributed by atoms with van der Waals surface area (Å²) in [6, 6.07) is 8.36. The summed E-state index contributed by atoms with van der Waals surface area (Å²) in [4.78, 5) is 12.0. The second kappa shape index (κ2) is 7.51. The molecular weight excluding hydrogens is 319 g/mol. The van der Waals surface area contributed by atoms with Gasteiger partial charge >= 0.3 is 6.18 Å². The number of rotatable bonds is 6. The van der Waals surface area contributed by atoms with Crippen LogP contribution in [0, 0.1) is 6.92 Å². The van der Waals surface area contributed by atoms with Crippen LogP contribution >= 0.6 is 0 Å². The molecule has 130 valence electrons. The van der Waals surface area contributed by atoms with Gasteiger partial charge in [0.15, 0.2) is 5.69 Å². The van der Waals surface area contributed by atoms with Gasteiger partial charge in [-0.1, -0.05) is 19.1 Å². The summed E-state index contributed by atoms with van der Waals surface area (Å²) in [5.41, 5.74) is 1.28. The van der Waals surface area contributed by atoms with Crippen molar-refractivity contribution in [2.45, 2.75) is 39.4 Å². The lowest BCUT2D eigenvalue weighted by molar-refractivity contribution is -0.141. The van der Waals surface area contributed by atoms with E-state index in [1.807, 2.05) is 19.1 Å². The zero-order chi connectivity index (χ0) is 17.7. The second-order valence-corrected chi connectivity index (χ2v) is 5.55. The molecule has 0 fully saturated rings. The molecule has 1 amide bonds. The predicted octanol–water partition coefficient (Wildman–Crippen LogP) is 3.59. The van der Waals surface area contributed by atoms with E-state index in [9.17, 15) is 18.0 Å². The molecule has 2 aromatic rings. The van der Waals surface area contributed by atoms with Gasteiger partial charge in [-0.05, 0) is 43.5 Å². The van der Waals surface area contributed by atoms with Crippen molar-refractivity contribution < 1.29 is 18.0 Å².